The Balaban J connectivity index is 1.39. The van der Waals surface area contributed by atoms with Crippen molar-refractivity contribution >= 4 is 11.6 Å². The van der Waals surface area contributed by atoms with Crippen LogP contribution in [0.4, 0.5) is 10.1 Å². The maximum absolute atomic E-state index is 13.0. The summed E-state index contributed by atoms with van der Waals surface area (Å²) in [6.45, 7) is 5.58. The molecule has 0 spiro atoms. The van der Waals surface area contributed by atoms with Crippen molar-refractivity contribution in [2.45, 2.75) is 6.54 Å². The van der Waals surface area contributed by atoms with Gasteiger partial charge in [-0.05, 0) is 42.0 Å². The summed E-state index contributed by atoms with van der Waals surface area (Å²) in [5.41, 5.74) is 8.29. The van der Waals surface area contributed by atoms with E-state index in [0.717, 1.165) is 44.0 Å². The molecule has 6 heteroatoms. The van der Waals surface area contributed by atoms with Crippen LogP contribution in [0.5, 0.6) is 0 Å². The number of benzene rings is 2. The van der Waals surface area contributed by atoms with Crippen LogP contribution in [-0.4, -0.2) is 50.1 Å². The second kappa shape index (κ2) is 8.78. The van der Waals surface area contributed by atoms with Gasteiger partial charge in [-0.15, -0.1) is 0 Å². The van der Waals surface area contributed by atoms with E-state index >= 15 is 0 Å². The summed E-state index contributed by atoms with van der Waals surface area (Å²) in [6, 6.07) is 14.0. The minimum atomic E-state index is -0.208. The lowest BCUT2D eigenvalue weighted by Gasteiger charge is -2.36. The Hall–Kier alpha value is -2.44. The van der Waals surface area contributed by atoms with Crippen LogP contribution in [0.3, 0.4) is 0 Å². The first kappa shape index (κ1) is 18.4. The van der Waals surface area contributed by atoms with Crippen molar-refractivity contribution in [2.75, 3.05) is 44.2 Å². The fraction of sp³-hybridized carbons (Fsp3) is 0.350. The highest BCUT2D eigenvalue weighted by molar-refractivity contribution is 5.94. The zero-order chi connectivity index (χ0) is 18.4. The zero-order valence-corrected chi connectivity index (χ0v) is 14.8. The second-order valence-electron chi connectivity index (χ2n) is 6.46. The molecule has 26 heavy (non-hydrogen) atoms. The molecular formula is C20H25FN4O. The van der Waals surface area contributed by atoms with Gasteiger partial charge in [0.05, 0.1) is 0 Å². The van der Waals surface area contributed by atoms with Crippen molar-refractivity contribution in [1.29, 1.82) is 0 Å². The molecule has 0 saturated carbocycles. The van der Waals surface area contributed by atoms with Gasteiger partial charge in [-0.1, -0.05) is 12.1 Å². The fourth-order valence-corrected chi connectivity index (χ4v) is 3.10. The van der Waals surface area contributed by atoms with Crippen LogP contribution in [0.1, 0.15) is 15.9 Å². The topological polar surface area (TPSA) is 61.6 Å². The molecule has 0 unspecified atom stereocenters. The number of nitrogens with zero attached hydrogens (tertiary/aromatic N) is 2. The summed E-state index contributed by atoms with van der Waals surface area (Å²) in [5.74, 6) is -0.265. The Morgan fingerprint density at radius 1 is 1.00 bits per heavy atom. The number of carbonyl (C=O) groups is 1. The standard InChI is InChI=1S/C20H25FN4O/c21-18-5-7-19(8-6-18)25-13-11-24(12-14-25)10-9-23-20(26)17-3-1-16(15-22)2-4-17/h1-8H,9-15,22H2,(H,23,26). The number of piperazine rings is 1. The molecular weight excluding hydrogens is 331 g/mol. The van der Waals surface area contributed by atoms with Crippen LogP contribution in [-0.2, 0) is 6.54 Å². The van der Waals surface area contributed by atoms with Crippen molar-refractivity contribution in [3.05, 3.63) is 65.5 Å². The van der Waals surface area contributed by atoms with Crippen molar-refractivity contribution in [2.24, 2.45) is 5.73 Å². The Morgan fingerprint density at radius 2 is 1.65 bits per heavy atom. The SMILES string of the molecule is NCc1ccc(C(=O)NCCN2CCN(c3ccc(F)cc3)CC2)cc1. The monoisotopic (exact) mass is 356 g/mol. The third kappa shape index (κ3) is 4.80. The Morgan fingerprint density at radius 3 is 2.27 bits per heavy atom. The predicted octanol–water partition coefficient (Wildman–Crippen LogP) is 1.84. The van der Waals surface area contributed by atoms with E-state index in [1.807, 2.05) is 24.3 Å². The summed E-state index contributed by atoms with van der Waals surface area (Å²) < 4.78 is 13.0. The highest BCUT2D eigenvalue weighted by Gasteiger charge is 2.17. The molecule has 0 bridgehead atoms. The first-order valence-corrected chi connectivity index (χ1v) is 8.96. The Bertz CT molecular complexity index is 710. The van der Waals surface area contributed by atoms with Gasteiger partial charge in [0, 0.05) is 57.1 Å². The fourth-order valence-electron chi connectivity index (χ4n) is 3.10. The van der Waals surface area contributed by atoms with Gasteiger partial charge in [-0.3, -0.25) is 9.69 Å². The Labute approximate surface area is 153 Å². The van der Waals surface area contributed by atoms with Crippen LogP contribution >= 0.6 is 0 Å². The van der Waals surface area contributed by atoms with Gasteiger partial charge in [0.25, 0.3) is 5.91 Å². The molecule has 2 aromatic rings. The smallest absolute Gasteiger partial charge is 0.251 e. The van der Waals surface area contributed by atoms with E-state index in [2.05, 4.69) is 15.1 Å². The van der Waals surface area contributed by atoms with E-state index in [1.165, 1.54) is 12.1 Å². The van der Waals surface area contributed by atoms with Crippen LogP contribution in [0, 0.1) is 5.82 Å². The molecule has 1 heterocycles. The van der Waals surface area contributed by atoms with Crippen LogP contribution in [0.15, 0.2) is 48.5 Å². The number of carbonyl (C=O) groups excluding carboxylic acids is 1. The summed E-state index contributed by atoms with van der Waals surface area (Å²) in [5, 5.41) is 2.97. The maximum atomic E-state index is 13.0. The molecule has 1 aliphatic rings. The molecule has 0 aliphatic carbocycles. The van der Waals surface area contributed by atoms with Gasteiger partial charge in [0.15, 0.2) is 0 Å². The molecule has 0 atom stereocenters. The van der Waals surface area contributed by atoms with E-state index in [4.69, 9.17) is 5.73 Å². The number of nitrogens with two attached hydrogens (primary N) is 1. The van der Waals surface area contributed by atoms with Gasteiger partial charge in [-0.25, -0.2) is 4.39 Å². The molecule has 2 aromatic carbocycles. The molecule has 0 aromatic heterocycles. The lowest BCUT2D eigenvalue weighted by molar-refractivity contribution is 0.0948. The van der Waals surface area contributed by atoms with Crippen molar-refractivity contribution in [3.8, 4) is 0 Å². The first-order chi connectivity index (χ1) is 12.7. The maximum Gasteiger partial charge on any atom is 0.251 e. The van der Waals surface area contributed by atoms with E-state index in [-0.39, 0.29) is 11.7 Å². The number of anilines is 1. The zero-order valence-electron chi connectivity index (χ0n) is 14.8. The molecule has 1 amide bonds. The highest BCUT2D eigenvalue weighted by atomic mass is 19.1. The minimum Gasteiger partial charge on any atom is -0.369 e. The molecule has 3 N–H and O–H groups in total. The lowest BCUT2D eigenvalue weighted by Crippen LogP contribution is -2.48. The third-order valence-corrected chi connectivity index (χ3v) is 4.73. The second-order valence-corrected chi connectivity index (χ2v) is 6.46. The van der Waals surface area contributed by atoms with Gasteiger partial charge in [-0.2, -0.15) is 0 Å². The van der Waals surface area contributed by atoms with Gasteiger partial charge in [0.2, 0.25) is 0 Å². The third-order valence-electron chi connectivity index (χ3n) is 4.73. The number of nitrogens with one attached hydrogen (secondary N) is 1. The molecule has 5 nitrogen and oxygen atoms in total. The van der Waals surface area contributed by atoms with Crippen molar-refractivity contribution in [3.63, 3.8) is 0 Å². The van der Waals surface area contributed by atoms with Crippen LogP contribution in [0.2, 0.25) is 0 Å². The number of hydrogen-bond acceptors (Lipinski definition) is 4. The minimum absolute atomic E-state index is 0.0569. The summed E-state index contributed by atoms with van der Waals surface area (Å²) in [7, 11) is 0. The Kier molecular flexibility index (Phi) is 6.20. The van der Waals surface area contributed by atoms with Crippen molar-refractivity contribution < 1.29 is 9.18 Å². The average molecular weight is 356 g/mol. The quantitative estimate of drug-likeness (QED) is 0.829. The van der Waals surface area contributed by atoms with Crippen molar-refractivity contribution in [1.82, 2.24) is 10.2 Å². The summed E-state index contributed by atoms with van der Waals surface area (Å²) in [4.78, 5) is 16.7. The normalized spacial score (nSPS) is 15.1. The first-order valence-electron chi connectivity index (χ1n) is 8.96. The highest BCUT2D eigenvalue weighted by Crippen LogP contribution is 2.16. The van der Waals surface area contributed by atoms with E-state index in [0.29, 0.717) is 18.7 Å². The summed E-state index contributed by atoms with van der Waals surface area (Å²) >= 11 is 0. The molecule has 1 saturated heterocycles. The largest absolute Gasteiger partial charge is 0.369 e. The summed E-state index contributed by atoms with van der Waals surface area (Å²) in [6.07, 6.45) is 0. The van der Waals surface area contributed by atoms with Gasteiger partial charge >= 0.3 is 0 Å². The van der Waals surface area contributed by atoms with E-state index < -0.39 is 0 Å². The number of amides is 1. The number of halogens is 1. The average Bonchev–Trinajstić information content (AvgIpc) is 2.69. The number of hydrogen-bond donors (Lipinski definition) is 2. The molecule has 0 radical (unpaired) electrons. The predicted molar refractivity (Wildman–Crippen MR) is 102 cm³/mol. The lowest BCUT2D eigenvalue weighted by atomic mass is 10.1. The number of rotatable bonds is 6. The van der Waals surface area contributed by atoms with Crippen LogP contribution < -0.4 is 16.0 Å². The van der Waals surface area contributed by atoms with E-state index in [9.17, 15) is 9.18 Å². The van der Waals surface area contributed by atoms with Gasteiger partial charge < -0.3 is 16.0 Å². The molecule has 138 valence electrons. The molecule has 1 aliphatic heterocycles. The van der Waals surface area contributed by atoms with Gasteiger partial charge in [0.1, 0.15) is 5.82 Å². The molecule has 1 fully saturated rings. The van der Waals surface area contributed by atoms with E-state index in [1.54, 1.807) is 12.1 Å². The van der Waals surface area contributed by atoms with Crippen LogP contribution in [0.25, 0.3) is 0 Å². The molecule has 3 rings (SSSR count).